The standard InChI is InChI=1S/C12H19N7/c1-10-2-5-18(6-3-10)7-4-14-11-8-13-9-12-15-16-17-19(11)12/h8-10,14H,2-7H2,1H3. The van der Waals surface area contributed by atoms with Gasteiger partial charge in [0, 0.05) is 13.1 Å². The molecule has 19 heavy (non-hydrogen) atoms. The molecule has 0 aromatic carbocycles. The fourth-order valence-corrected chi connectivity index (χ4v) is 2.42. The van der Waals surface area contributed by atoms with Gasteiger partial charge in [-0.15, -0.1) is 5.10 Å². The van der Waals surface area contributed by atoms with Gasteiger partial charge in [0.1, 0.15) is 5.82 Å². The van der Waals surface area contributed by atoms with Crippen molar-refractivity contribution in [3.05, 3.63) is 12.4 Å². The van der Waals surface area contributed by atoms with E-state index in [-0.39, 0.29) is 0 Å². The van der Waals surface area contributed by atoms with Gasteiger partial charge in [-0.3, -0.25) is 4.98 Å². The lowest BCUT2D eigenvalue weighted by Crippen LogP contribution is -2.36. The fraction of sp³-hybridized carbons (Fsp3) is 0.667. The van der Waals surface area contributed by atoms with Gasteiger partial charge in [-0.05, 0) is 42.3 Å². The third-order valence-corrected chi connectivity index (χ3v) is 3.72. The lowest BCUT2D eigenvalue weighted by atomic mass is 9.99. The largest absolute Gasteiger partial charge is 0.367 e. The topological polar surface area (TPSA) is 71.2 Å². The quantitative estimate of drug-likeness (QED) is 0.872. The molecule has 0 bridgehead atoms. The van der Waals surface area contributed by atoms with E-state index in [4.69, 9.17) is 0 Å². The minimum Gasteiger partial charge on any atom is -0.367 e. The summed E-state index contributed by atoms with van der Waals surface area (Å²) in [5.41, 5.74) is 0.664. The molecule has 7 nitrogen and oxygen atoms in total. The fourth-order valence-electron chi connectivity index (χ4n) is 2.42. The summed E-state index contributed by atoms with van der Waals surface area (Å²) in [4.78, 5) is 6.62. The highest BCUT2D eigenvalue weighted by molar-refractivity contribution is 5.43. The second kappa shape index (κ2) is 5.48. The highest BCUT2D eigenvalue weighted by Crippen LogP contribution is 2.15. The van der Waals surface area contributed by atoms with E-state index in [0.717, 1.165) is 24.8 Å². The van der Waals surface area contributed by atoms with Gasteiger partial charge >= 0.3 is 0 Å². The van der Waals surface area contributed by atoms with Crippen LogP contribution in [0.25, 0.3) is 5.65 Å². The van der Waals surface area contributed by atoms with Crippen molar-refractivity contribution >= 4 is 11.5 Å². The van der Waals surface area contributed by atoms with Gasteiger partial charge < -0.3 is 10.2 Å². The third-order valence-electron chi connectivity index (χ3n) is 3.72. The van der Waals surface area contributed by atoms with Crippen LogP contribution in [0.4, 0.5) is 5.82 Å². The lowest BCUT2D eigenvalue weighted by molar-refractivity contribution is 0.199. The Kier molecular flexibility index (Phi) is 3.54. The number of nitrogens with one attached hydrogen (secondary N) is 1. The first-order chi connectivity index (χ1) is 9.33. The van der Waals surface area contributed by atoms with Gasteiger partial charge in [0.2, 0.25) is 0 Å². The van der Waals surface area contributed by atoms with Gasteiger partial charge in [0.15, 0.2) is 5.65 Å². The number of fused-ring (bicyclic) bond motifs is 1. The van der Waals surface area contributed by atoms with Crippen molar-refractivity contribution in [1.82, 2.24) is 29.9 Å². The van der Waals surface area contributed by atoms with Gasteiger partial charge in [-0.25, -0.2) is 0 Å². The van der Waals surface area contributed by atoms with Crippen molar-refractivity contribution < 1.29 is 0 Å². The predicted molar refractivity (Wildman–Crippen MR) is 71.9 cm³/mol. The SMILES string of the molecule is CC1CCN(CCNc2cncc3nnnn23)CC1. The van der Waals surface area contributed by atoms with E-state index in [2.05, 4.69) is 37.6 Å². The molecule has 102 valence electrons. The number of piperidine rings is 1. The molecule has 0 atom stereocenters. The second-order valence-corrected chi connectivity index (χ2v) is 5.19. The van der Waals surface area contributed by atoms with Gasteiger partial charge in [-0.1, -0.05) is 6.92 Å². The van der Waals surface area contributed by atoms with E-state index < -0.39 is 0 Å². The van der Waals surface area contributed by atoms with Crippen LogP contribution >= 0.6 is 0 Å². The van der Waals surface area contributed by atoms with Crippen LogP contribution in [-0.2, 0) is 0 Å². The summed E-state index contributed by atoms with van der Waals surface area (Å²) in [5, 5.41) is 14.8. The van der Waals surface area contributed by atoms with E-state index in [1.54, 1.807) is 16.9 Å². The molecule has 0 amide bonds. The Bertz CT molecular complexity index is 530. The summed E-state index contributed by atoms with van der Waals surface area (Å²) < 4.78 is 1.67. The molecule has 3 rings (SSSR count). The summed E-state index contributed by atoms with van der Waals surface area (Å²) in [6, 6.07) is 0. The van der Waals surface area contributed by atoms with Crippen molar-refractivity contribution in [2.75, 3.05) is 31.5 Å². The maximum Gasteiger partial charge on any atom is 0.199 e. The third kappa shape index (κ3) is 2.81. The Balaban J connectivity index is 1.53. The molecule has 0 radical (unpaired) electrons. The van der Waals surface area contributed by atoms with Crippen LogP contribution in [0.5, 0.6) is 0 Å². The lowest BCUT2D eigenvalue weighted by Gasteiger charge is -2.30. The van der Waals surface area contributed by atoms with E-state index in [1.165, 1.54) is 25.9 Å². The normalized spacial score (nSPS) is 17.9. The number of tetrazole rings is 1. The number of rotatable bonds is 4. The van der Waals surface area contributed by atoms with Crippen molar-refractivity contribution in [2.24, 2.45) is 5.92 Å². The maximum absolute atomic E-state index is 4.12. The molecule has 0 spiro atoms. The van der Waals surface area contributed by atoms with Gasteiger partial charge in [-0.2, -0.15) is 4.52 Å². The number of anilines is 1. The van der Waals surface area contributed by atoms with E-state index in [1.807, 2.05) is 0 Å². The molecule has 1 saturated heterocycles. The highest BCUT2D eigenvalue weighted by Gasteiger charge is 2.15. The Hall–Kier alpha value is -1.76. The zero-order valence-electron chi connectivity index (χ0n) is 11.2. The average Bonchev–Trinajstić information content (AvgIpc) is 2.90. The molecular weight excluding hydrogens is 242 g/mol. The minimum absolute atomic E-state index is 0.664. The molecule has 2 aromatic heterocycles. The smallest absolute Gasteiger partial charge is 0.199 e. The zero-order chi connectivity index (χ0) is 13.1. The number of hydrogen-bond acceptors (Lipinski definition) is 6. The number of nitrogens with zero attached hydrogens (tertiary/aromatic N) is 6. The summed E-state index contributed by atoms with van der Waals surface area (Å²) in [7, 11) is 0. The number of likely N-dealkylation sites (tertiary alicyclic amines) is 1. The van der Waals surface area contributed by atoms with Crippen molar-refractivity contribution in [2.45, 2.75) is 19.8 Å². The summed E-state index contributed by atoms with van der Waals surface area (Å²) in [6.45, 7) is 6.67. The molecule has 0 saturated carbocycles. The number of hydrogen-bond donors (Lipinski definition) is 1. The summed E-state index contributed by atoms with van der Waals surface area (Å²) in [6.07, 6.45) is 6.02. The molecule has 1 N–H and O–H groups in total. The average molecular weight is 261 g/mol. The van der Waals surface area contributed by atoms with Crippen LogP contribution in [0.3, 0.4) is 0 Å². The molecular formula is C12H19N7. The Morgan fingerprint density at radius 1 is 1.32 bits per heavy atom. The molecule has 1 fully saturated rings. The summed E-state index contributed by atoms with van der Waals surface area (Å²) in [5.74, 6) is 1.72. The Morgan fingerprint density at radius 3 is 3.00 bits per heavy atom. The first-order valence-electron chi connectivity index (χ1n) is 6.81. The Labute approximate surface area is 112 Å². The van der Waals surface area contributed by atoms with Gasteiger partial charge in [0.05, 0.1) is 12.4 Å². The van der Waals surface area contributed by atoms with Gasteiger partial charge in [0.25, 0.3) is 0 Å². The van der Waals surface area contributed by atoms with Crippen molar-refractivity contribution in [3.63, 3.8) is 0 Å². The van der Waals surface area contributed by atoms with Crippen LogP contribution in [0.1, 0.15) is 19.8 Å². The van der Waals surface area contributed by atoms with E-state index in [9.17, 15) is 0 Å². The number of aromatic nitrogens is 5. The van der Waals surface area contributed by atoms with Crippen molar-refractivity contribution in [3.8, 4) is 0 Å². The zero-order valence-corrected chi connectivity index (χ0v) is 11.2. The van der Waals surface area contributed by atoms with Crippen molar-refractivity contribution in [1.29, 1.82) is 0 Å². The minimum atomic E-state index is 0.664. The van der Waals surface area contributed by atoms with Crippen LogP contribution in [0.2, 0.25) is 0 Å². The monoisotopic (exact) mass is 261 g/mol. The predicted octanol–water partition coefficient (Wildman–Crippen LogP) is 0.663. The molecule has 0 aliphatic carbocycles. The summed E-state index contributed by atoms with van der Waals surface area (Å²) >= 11 is 0. The molecule has 1 aliphatic rings. The van der Waals surface area contributed by atoms with Crippen LogP contribution in [0.15, 0.2) is 12.4 Å². The highest BCUT2D eigenvalue weighted by atomic mass is 15.5. The first kappa shape index (κ1) is 12.3. The van der Waals surface area contributed by atoms with Crippen LogP contribution in [0, 0.1) is 5.92 Å². The molecule has 7 heteroatoms. The first-order valence-corrected chi connectivity index (χ1v) is 6.81. The Morgan fingerprint density at radius 2 is 2.16 bits per heavy atom. The molecule has 1 aliphatic heterocycles. The van der Waals surface area contributed by atoms with Crippen LogP contribution < -0.4 is 5.32 Å². The molecule has 0 unspecified atom stereocenters. The van der Waals surface area contributed by atoms with E-state index >= 15 is 0 Å². The molecule has 3 heterocycles. The van der Waals surface area contributed by atoms with Crippen LogP contribution in [-0.4, -0.2) is 56.1 Å². The molecule has 2 aromatic rings. The second-order valence-electron chi connectivity index (χ2n) is 5.19. The van der Waals surface area contributed by atoms with E-state index in [0.29, 0.717) is 5.65 Å². The maximum atomic E-state index is 4.12.